The van der Waals surface area contributed by atoms with Gasteiger partial charge in [-0.15, -0.1) is 0 Å². The lowest BCUT2D eigenvalue weighted by molar-refractivity contribution is -0.114. The Kier molecular flexibility index (Phi) is 6.21. The smallest absolute Gasteiger partial charge is 0.280 e. The average Bonchev–Trinajstić information content (AvgIpc) is 2.95. The highest BCUT2D eigenvalue weighted by atomic mass is 127. The summed E-state index contributed by atoms with van der Waals surface area (Å²) < 4.78 is 11.6. The second-order valence-electron chi connectivity index (χ2n) is 5.82. The van der Waals surface area contributed by atoms with Gasteiger partial charge in [-0.1, -0.05) is 11.6 Å². The number of anilines is 1. The molecule has 0 saturated heterocycles. The first-order valence-electron chi connectivity index (χ1n) is 8.19. The van der Waals surface area contributed by atoms with E-state index in [4.69, 9.17) is 26.3 Å². The van der Waals surface area contributed by atoms with Crippen molar-refractivity contribution in [3.8, 4) is 17.6 Å². The Morgan fingerprint density at radius 1 is 1.32 bits per heavy atom. The molecule has 2 aromatic carbocycles. The molecular weight excluding hydrogens is 493 g/mol. The molecule has 6 nitrogen and oxygen atoms in total. The topological polar surface area (TPSA) is 74.9 Å². The van der Waals surface area contributed by atoms with Gasteiger partial charge in [-0.3, -0.25) is 4.79 Å². The highest BCUT2D eigenvalue weighted by molar-refractivity contribution is 14.1. The summed E-state index contributed by atoms with van der Waals surface area (Å²) in [4.78, 5) is 12.9. The number of hydrogen-bond donors (Lipinski definition) is 0. The van der Waals surface area contributed by atoms with Crippen LogP contribution in [0.5, 0.6) is 11.5 Å². The van der Waals surface area contributed by atoms with E-state index in [1.807, 2.05) is 12.1 Å². The summed E-state index contributed by atoms with van der Waals surface area (Å²) in [6, 6.07) is 12.5. The van der Waals surface area contributed by atoms with Gasteiger partial charge in [0.2, 0.25) is 0 Å². The van der Waals surface area contributed by atoms with Gasteiger partial charge in [0, 0.05) is 5.02 Å². The molecule has 1 heterocycles. The van der Waals surface area contributed by atoms with Gasteiger partial charge in [-0.2, -0.15) is 15.4 Å². The van der Waals surface area contributed by atoms with E-state index in [9.17, 15) is 4.79 Å². The molecule has 2 aromatic rings. The molecule has 0 aliphatic carbocycles. The third-order valence-electron chi connectivity index (χ3n) is 3.98. The van der Waals surface area contributed by atoms with Crippen LogP contribution in [0.25, 0.3) is 6.08 Å². The second-order valence-corrected chi connectivity index (χ2v) is 7.42. The maximum atomic E-state index is 12.9. The van der Waals surface area contributed by atoms with E-state index < -0.39 is 0 Å². The van der Waals surface area contributed by atoms with Crippen LogP contribution in [0.15, 0.2) is 47.1 Å². The molecule has 0 spiro atoms. The molecule has 0 saturated carbocycles. The Morgan fingerprint density at radius 3 is 2.68 bits per heavy atom. The van der Waals surface area contributed by atoms with Gasteiger partial charge in [0.1, 0.15) is 6.07 Å². The van der Waals surface area contributed by atoms with Crippen LogP contribution in [-0.2, 0) is 4.79 Å². The Labute approximate surface area is 181 Å². The standard InChI is InChI=1S/C20H15ClIN3O3/c1-12-16(20(26)25(24-12)15-5-3-14(21)4-6-15)9-13-10-17(22)19(28-8-7-23)18(11-13)27-2/h3-6,9-11H,8H2,1-2H3. The Morgan fingerprint density at radius 2 is 2.04 bits per heavy atom. The van der Waals surface area contributed by atoms with Gasteiger partial charge in [0.25, 0.3) is 5.91 Å². The number of rotatable bonds is 5. The van der Waals surface area contributed by atoms with E-state index in [0.29, 0.717) is 33.5 Å². The molecule has 0 aromatic heterocycles. The minimum Gasteiger partial charge on any atom is -0.493 e. The van der Waals surface area contributed by atoms with Crippen molar-refractivity contribution in [2.75, 3.05) is 18.7 Å². The summed E-state index contributed by atoms with van der Waals surface area (Å²) in [5, 5.41) is 15.0. The Balaban J connectivity index is 1.94. The predicted molar refractivity (Wildman–Crippen MR) is 117 cm³/mol. The van der Waals surface area contributed by atoms with Gasteiger partial charge < -0.3 is 9.47 Å². The lowest BCUT2D eigenvalue weighted by Gasteiger charge is -2.12. The molecule has 1 amide bonds. The third-order valence-corrected chi connectivity index (χ3v) is 5.03. The van der Waals surface area contributed by atoms with Crippen molar-refractivity contribution in [2.24, 2.45) is 5.10 Å². The molecule has 0 unspecified atom stereocenters. The van der Waals surface area contributed by atoms with Crippen LogP contribution in [0.3, 0.4) is 0 Å². The lowest BCUT2D eigenvalue weighted by Crippen LogP contribution is -2.21. The minimum atomic E-state index is -0.224. The summed E-state index contributed by atoms with van der Waals surface area (Å²) in [6.45, 7) is 1.71. The zero-order valence-corrected chi connectivity index (χ0v) is 18.0. The highest BCUT2D eigenvalue weighted by Gasteiger charge is 2.28. The number of benzene rings is 2. The van der Waals surface area contributed by atoms with E-state index in [1.165, 1.54) is 12.1 Å². The maximum absolute atomic E-state index is 12.9. The predicted octanol–water partition coefficient (Wildman–Crippen LogP) is 4.66. The monoisotopic (exact) mass is 507 g/mol. The number of ether oxygens (including phenoxy) is 2. The van der Waals surface area contributed by atoms with Crippen molar-refractivity contribution in [1.82, 2.24) is 0 Å². The van der Waals surface area contributed by atoms with Crippen molar-refractivity contribution < 1.29 is 14.3 Å². The van der Waals surface area contributed by atoms with Crippen LogP contribution in [0, 0.1) is 14.9 Å². The van der Waals surface area contributed by atoms with Gasteiger partial charge in [-0.05, 0) is 77.6 Å². The van der Waals surface area contributed by atoms with Crippen LogP contribution in [-0.4, -0.2) is 25.3 Å². The summed E-state index contributed by atoms with van der Waals surface area (Å²) >= 11 is 8.02. The number of amides is 1. The number of carbonyl (C=O) groups is 1. The summed E-state index contributed by atoms with van der Waals surface area (Å²) in [7, 11) is 1.53. The quantitative estimate of drug-likeness (QED) is 0.436. The van der Waals surface area contributed by atoms with Gasteiger partial charge in [0.15, 0.2) is 18.1 Å². The molecule has 28 heavy (non-hydrogen) atoms. The number of halogens is 2. The van der Waals surface area contributed by atoms with E-state index in [2.05, 4.69) is 27.7 Å². The number of nitrogens with zero attached hydrogens (tertiary/aromatic N) is 3. The molecule has 1 aliphatic rings. The van der Waals surface area contributed by atoms with Crippen molar-refractivity contribution in [2.45, 2.75) is 6.92 Å². The van der Waals surface area contributed by atoms with Gasteiger partial charge in [0.05, 0.1) is 27.7 Å². The molecular formula is C20H15ClIN3O3. The molecule has 0 fully saturated rings. The molecule has 8 heteroatoms. The van der Waals surface area contributed by atoms with Crippen molar-refractivity contribution >= 4 is 57.6 Å². The zero-order chi connectivity index (χ0) is 20.3. The Hall–Kier alpha value is -2.57. The van der Waals surface area contributed by atoms with Crippen LogP contribution in [0.4, 0.5) is 5.69 Å². The van der Waals surface area contributed by atoms with E-state index in [-0.39, 0.29) is 12.5 Å². The second kappa shape index (κ2) is 8.63. The number of hydrogen-bond acceptors (Lipinski definition) is 5. The first-order valence-corrected chi connectivity index (χ1v) is 9.65. The van der Waals surface area contributed by atoms with Crippen LogP contribution in [0.1, 0.15) is 12.5 Å². The third kappa shape index (κ3) is 4.13. The van der Waals surface area contributed by atoms with Crippen molar-refractivity contribution in [1.29, 1.82) is 5.26 Å². The average molecular weight is 508 g/mol. The van der Waals surface area contributed by atoms with Crippen LogP contribution >= 0.6 is 34.2 Å². The first-order chi connectivity index (χ1) is 13.4. The first kappa shape index (κ1) is 20.2. The van der Waals surface area contributed by atoms with Crippen molar-refractivity contribution in [3.05, 3.63) is 56.1 Å². The highest BCUT2D eigenvalue weighted by Crippen LogP contribution is 2.35. The fourth-order valence-electron chi connectivity index (χ4n) is 2.68. The van der Waals surface area contributed by atoms with Crippen LogP contribution in [0.2, 0.25) is 5.02 Å². The van der Waals surface area contributed by atoms with E-state index in [1.54, 1.807) is 43.3 Å². The minimum absolute atomic E-state index is 0.0763. The molecule has 0 N–H and O–H groups in total. The Bertz CT molecular complexity index is 1030. The molecule has 1 aliphatic heterocycles. The zero-order valence-electron chi connectivity index (χ0n) is 15.1. The largest absolute Gasteiger partial charge is 0.493 e. The van der Waals surface area contributed by atoms with Crippen LogP contribution < -0.4 is 14.5 Å². The maximum Gasteiger partial charge on any atom is 0.280 e. The molecule has 3 rings (SSSR count). The lowest BCUT2D eigenvalue weighted by atomic mass is 10.1. The fourth-order valence-corrected chi connectivity index (χ4v) is 3.58. The van der Waals surface area contributed by atoms with E-state index >= 15 is 0 Å². The summed E-state index contributed by atoms with van der Waals surface area (Å²) in [6.07, 6.45) is 1.76. The number of hydrazone groups is 1. The number of methoxy groups -OCH3 is 1. The van der Waals surface area contributed by atoms with Crippen molar-refractivity contribution in [3.63, 3.8) is 0 Å². The SMILES string of the molecule is COc1cc(C=C2C(=O)N(c3ccc(Cl)cc3)N=C2C)cc(I)c1OCC#N. The molecule has 0 atom stereocenters. The number of nitriles is 1. The summed E-state index contributed by atoms with van der Waals surface area (Å²) in [5.41, 5.74) is 2.50. The molecule has 0 radical (unpaired) electrons. The molecule has 0 bridgehead atoms. The fraction of sp³-hybridized carbons (Fsp3) is 0.150. The van der Waals surface area contributed by atoms with E-state index in [0.717, 1.165) is 9.13 Å². The molecule has 142 valence electrons. The summed E-state index contributed by atoms with van der Waals surface area (Å²) in [5.74, 6) is 0.764. The normalized spacial score (nSPS) is 14.8. The van der Waals surface area contributed by atoms with Gasteiger partial charge in [-0.25, -0.2) is 0 Å². The van der Waals surface area contributed by atoms with Gasteiger partial charge >= 0.3 is 0 Å². The number of carbonyl (C=O) groups excluding carboxylic acids is 1.